The Morgan fingerprint density at radius 2 is 1.93 bits per heavy atom. The molecule has 4 rings (SSSR count). The zero-order valence-corrected chi connectivity index (χ0v) is 15.8. The van der Waals surface area contributed by atoms with Gasteiger partial charge in [-0.25, -0.2) is 4.98 Å². The lowest BCUT2D eigenvalue weighted by Gasteiger charge is -2.27. The second-order valence-electron chi connectivity index (χ2n) is 6.63. The molecule has 1 aromatic heterocycles. The molecule has 0 saturated carbocycles. The standard InChI is InChI=1S/C20H18N4O3S/c25-19(15-5-7-18(8-6-15)24(26)27)22-20-21-17(13-28-20)12-23-10-9-14-3-1-2-4-16(14)11-23/h1-8,13H,9-12H2,(H,21,22,25). The monoisotopic (exact) mass is 394 g/mol. The lowest BCUT2D eigenvalue weighted by molar-refractivity contribution is -0.384. The molecule has 0 saturated heterocycles. The van der Waals surface area contributed by atoms with Crippen LogP contribution in [0.15, 0.2) is 53.9 Å². The number of non-ortho nitro benzene ring substituents is 1. The first-order valence-electron chi connectivity index (χ1n) is 8.88. The topological polar surface area (TPSA) is 88.4 Å². The number of carbonyl (C=O) groups excluding carboxylic acids is 1. The van der Waals surface area contributed by atoms with E-state index in [0.29, 0.717) is 10.7 Å². The number of nitrogens with one attached hydrogen (secondary N) is 1. The second kappa shape index (κ2) is 7.87. The molecule has 1 N–H and O–H groups in total. The van der Waals surface area contributed by atoms with Crippen molar-refractivity contribution in [3.63, 3.8) is 0 Å². The van der Waals surface area contributed by atoms with E-state index in [9.17, 15) is 14.9 Å². The van der Waals surface area contributed by atoms with Crippen LogP contribution in [-0.4, -0.2) is 27.3 Å². The number of nitro groups is 1. The zero-order chi connectivity index (χ0) is 19.5. The van der Waals surface area contributed by atoms with Crippen LogP contribution in [0.2, 0.25) is 0 Å². The van der Waals surface area contributed by atoms with Gasteiger partial charge in [0.25, 0.3) is 11.6 Å². The molecule has 0 radical (unpaired) electrons. The number of benzene rings is 2. The number of hydrogen-bond acceptors (Lipinski definition) is 6. The lowest BCUT2D eigenvalue weighted by Crippen LogP contribution is -2.30. The Kier molecular flexibility index (Phi) is 5.14. The van der Waals surface area contributed by atoms with Gasteiger partial charge in [-0.1, -0.05) is 24.3 Å². The van der Waals surface area contributed by atoms with Gasteiger partial charge in [0.1, 0.15) is 0 Å². The largest absolute Gasteiger partial charge is 0.298 e. The van der Waals surface area contributed by atoms with Crippen molar-refractivity contribution < 1.29 is 9.72 Å². The van der Waals surface area contributed by atoms with E-state index in [2.05, 4.69) is 39.5 Å². The van der Waals surface area contributed by atoms with Gasteiger partial charge in [-0.05, 0) is 29.7 Å². The maximum Gasteiger partial charge on any atom is 0.269 e. The molecule has 3 aromatic rings. The highest BCUT2D eigenvalue weighted by Crippen LogP contribution is 2.23. The molecule has 142 valence electrons. The van der Waals surface area contributed by atoms with Gasteiger partial charge in [-0.15, -0.1) is 11.3 Å². The number of amides is 1. The average Bonchev–Trinajstić information content (AvgIpc) is 3.14. The van der Waals surface area contributed by atoms with E-state index in [-0.39, 0.29) is 11.6 Å². The number of anilines is 1. The molecule has 2 aromatic carbocycles. The Morgan fingerprint density at radius 1 is 1.18 bits per heavy atom. The molecule has 0 spiro atoms. The molecule has 8 heteroatoms. The summed E-state index contributed by atoms with van der Waals surface area (Å²) >= 11 is 1.38. The molecule has 1 aliphatic rings. The third-order valence-corrected chi connectivity index (χ3v) is 5.51. The number of carbonyl (C=O) groups is 1. The summed E-state index contributed by atoms with van der Waals surface area (Å²) in [5.74, 6) is -0.331. The number of thiazole rings is 1. The fourth-order valence-electron chi connectivity index (χ4n) is 3.26. The maximum atomic E-state index is 12.3. The smallest absolute Gasteiger partial charge is 0.269 e. The van der Waals surface area contributed by atoms with E-state index >= 15 is 0 Å². The fraction of sp³-hybridized carbons (Fsp3) is 0.200. The number of nitrogens with zero attached hydrogens (tertiary/aromatic N) is 3. The summed E-state index contributed by atoms with van der Waals surface area (Å²) in [6.07, 6.45) is 1.03. The van der Waals surface area contributed by atoms with Crippen molar-refractivity contribution in [3.05, 3.63) is 86.4 Å². The van der Waals surface area contributed by atoms with E-state index in [1.165, 1.54) is 46.7 Å². The molecular weight excluding hydrogens is 376 g/mol. The summed E-state index contributed by atoms with van der Waals surface area (Å²) in [6, 6.07) is 14.0. The summed E-state index contributed by atoms with van der Waals surface area (Å²) in [4.78, 5) is 29.4. The van der Waals surface area contributed by atoms with Gasteiger partial charge in [0.15, 0.2) is 5.13 Å². The van der Waals surface area contributed by atoms with Crippen LogP contribution in [0, 0.1) is 10.1 Å². The van der Waals surface area contributed by atoms with Crippen molar-refractivity contribution in [2.75, 3.05) is 11.9 Å². The van der Waals surface area contributed by atoms with Crippen LogP contribution in [0.1, 0.15) is 27.2 Å². The van der Waals surface area contributed by atoms with Crippen LogP contribution in [0.4, 0.5) is 10.8 Å². The highest BCUT2D eigenvalue weighted by molar-refractivity contribution is 7.13. The van der Waals surface area contributed by atoms with Crippen LogP contribution in [0.3, 0.4) is 0 Å². The summed E-state index contributed by atoms with van der Waals surface area (Å²) in [6.45, 7) is 2.62. The first-order valence-corrected chi connectivity index (χ1v) is 9.76. The van der Waals surface area contributed by atoms with Gasteiger partial charge >= 0.3 is 0 Å². The molecule has 28 heavy (non-hydrogen) atoms. The second-order valence-corrected chi connectivity index (χ2v) is 7.49. The van der Waals surface area contributed by atoms with E-state index in [1.807, 2.05) is 5.38 Å². The summed E-state index contributed by atoms with van der Waals surface area (Å²) < 4.78 is 0. The number of nitro benzene ring substituents is 1. The van der Waals surface area contributed by atoms with Crippen molar-refractivity contribution in [3.8, 4) is 0 Å². The van der Waals surface area contributed by atoms with Crippen LogP contribution < -0.4 is 5.32 Å². The van der Waals surface area contributed by atoms with Gasteiger partial charge in [0.05, 0.1) is 10.6 Å². The van der Waals surface area contributed by atoms with Crippen molar-refractivity contribution in [2.24, 2.45) is 0 Å². The van der Waals surface area contributed by atoms with Gasteiger partial charge in [-0.2, -0.15) is 0 Å². The molecular formula is C20H18N4O3S. The van der Waals surface area contributed by atoms with E-state index < -0.39 is 4.92 Å². The number of fused-ring (bicyclic) bond motifs is 1. The third-order valence-electron chi connectivity index (χ3n) is 4.71. The minimum absolute atomic E-state index is 0.0452. The Labute approximate surface area is 165 Å². The summed E-state index contributed by atoms with van der Waals surface area (Å²) in [7, 11) is 0. The van der Waals surface area contributed by atoms with Gasteiger partial charge in [-0.3, -0.25) is 25.1 Å². The zero-order valence-electron chi connectivity index (χ0n) is 15.0. The lowest BCUT2D eigenvalue weighted by atomic mass is 10.00. The molecule has 1 aliphatic heterocycles. The molecule has 0 bridgehead atoms. The van der Waals surface area contributed by atoms with Crippen molar-refractivity contribution in [1.29, 1.82) is 0 Å². The van der Waals surface area contributed by atoms with E-state index in [1.54, 1.807) is 0 Å². The first-order chi connectivity index (χ1) is 13.6. The molecule has 1 amide bonds. The Balaban J connectivity index is 1.37. The predicted molar refractivity (Wildman–Crippen MR) is 107 cm³/mol. The Bertz CT molecular complexity index is 1020. The molecule has 0 aliphatic carbocycles. The average molecular weight is 394 g/mol. The van der Waals surface area contributed by atoms with Crippen molar-refractivity contribution >= 4 is 28.1 Å². The molecule has 0 atom stereocenters. The predicted octanol–water partition coefficient (Wildman–Crippen LogP) is 3.86. The van der Waals surface area contributed by atoms with Crippen molar-refractivity contribution in [1.82, 2.24) is 9.88 Å². The quantitative estimate of drug-likeness (QED) is 0.524. The number of aromatic nitrogens is 1. The Hall–Kier alpha value is -3.10. The highest BCUT2D eigenvalue weighted by Gasteiger charge is 2.17. The van der Waals surface area contributed by atoms with Crippen LogP contribution in [0.25, 0.3) is 0 Å². The van der Waals surface area contributed by atoms with E-state index in [4.69, 9.17) is 0 Å². The van der Waals surface area contributed by atoms with E-state index in [0.717, 1.165) is 31.7 Å². The minimum atomic E-state index is -0.492. The molecule has 0 fully saturated rings. The third kappa shape index (κ3) is 4.08. The van der Waals surface area contributed by atoms with Crippen LogP contribution in [0.5, 0.6) is 0 Å². The molecule has 2 heterocycles. The van der Waals surface area contributed by atoms with Crippen LogP contribution in [-0.2, 0) is 19.5 Å². The summed E-state index contributed by atoms with van der Waals surface area (Å²) in [5.41, 5.74) is 4.00. The van der Waals surface area contributed by atoms with Crippen molar-refractivity contribution in [2.45, 2.75) is 19.5 Å². The maximum absolute atomic E-state index is 12.3. The van der Waals surface area contributed by atoms with Gasteiger partial charge in [0.2, 0.25) is 0 Å². The highest BCUT2D eigenvalue weighted by atomic mass is 32.1. The van der Waals surface area contributed by atoms with Gasteiger partial charge in [0, 0.05) is 42.7 Å². The van der Waals surface area contributed by atoms with Crippen LogP contribution >= 0.6 is 11.3 Å². The molecule has 0 unspecified atom stereocenters. The number of rotatable bonds is 5. The minimum Gasteiger partial charge on any atom is -0.298 e. The van der Waals surface area contributed by atoms with Gasteiger partial charge < -0.3 is 0 Å². The first kappa shape index (κ1) is 18.3. The Morgan fingerprint density at radius 3 is 2.68 bits per heavy atom. The SMILES string of the molecule is O=C(Nc1nc(CN2CCc3ccccc3C2)cs1)c1ccc([N+](=O)[O-])cc1. The fourth-order valence-corrected chi connectivity index (χ4v) is 3.96. The normalized spacial score (nSPS) is 13.7. The number of hydrogen-bond donors (Lipinski definition) is 1. The molecule has 7 nitrogen and oxygen atoms in total. The summed E-state index contributed by atoms with van der Waals surface area (Å²) in [5, 5.41) is 15.9.